The molecule has 5 rings (SSSR count). The zero-order chi connectivity index (χ0) is 24.4. The number of benzene rings is 2. The maximum absolute atomic E-state index is 13.1. The van der Waals surface area contributed by atoms with Gasteiger partial charge in [-0.1, -0.05) is 25.1 Å². The van der Waals surface area contributed by atoms with Crippen LogP contribution < -0.4 is 15.5 Å². The van der Waals surface area contributed by atoms with E-state index in [4.69, 9.17) is 0 Å². The largest absolute Gasteiger partial charge is 0.349 e. The van der Waals surface area contributed by atoms with Crippen molar-refractivity contribution in [2.45, 2.75) is 57.5 Å². The van der Waals surface area contributed by atoms with E-state index in [0.717, 1.165) is 44.0 Å². The molecule has 1 saturated carbocycles. The molecule has 2 atom stereocenters. The Balaban J connectivity index is 1.22. The molecule has 2 N–H and O–H groups in total. The highest BCUT2D eigenvalue weighted by Gasteiger charge is 2.34. The number of para-hydroxylation sites is 1. The van der Waals surface area contributed by atoms with E-state index in [1.54, 1.807) is 35.2 Å². The third-order valence-electron chi connectivity index (χ3n) is 7.82. The van der Waals surface area contributed by atoms with Crippen LogP contribution in [0.25, 0.3) is 0 Å². The van der Waals surface area contributed by atoms with Crippen molar-refractivity contribution in [3.63, 3.8) is 0 Å². The third-order valence-corrected chi connectivity index (χ3v) is 7.82. The van der Waals surface area contributed by atoms with Crippen molar-refractivity contribution in [1.82, 2.24) is 10.2 Å². The Morgan fingerprint density at radius 3 is 2.40 bits per heavy atom. The van der Waals surface area contributed by atoms with Crippen molar-refractivity contribution < 1.29 is 14.4 Å². The lowest BCUT2D eigenvalue weighted by atomic mass is 9.79. The molecule has 2 unspecified atom stereocenters. The molecule has 35 heavy (non-hydrogen) atoms. The minimum Gasteiger partial charge on any atom is -0.349 e. The predicted octanol–water partition coefficient (Wildman–Crippen LogP) is 4.06. The molecule has 2 aliphatic heterocycles. The molecule has 184 valence electrons. The molecule has 1 aliphatic carbocycles. The summed E-state index contributed by atoms with van der Waals surface area (Å²) in [6.45, 7) is 5.04. The molecule has 3 fully saturated rings. The average molecular weight is 475 g/mol. The van der Waals surface area contributed by atoms with Crippen LogP contribution in [0.1, 0.15) is 66.2 Å². The Labute approximate surface area is 206 Å². The maximum atomic E-state index is 13.1. The summed E-state index contributed by atoms with van der Waals surface area (Å²) in [5.74, 6) is 0.403. The van der Waals surface area contributed by atoms with Crippen molar-refractivity contribution >= 4 is 29.1 Å². The summed E-state index contributed by atoms with van der Waals surface area (Å²) in [4.78, 5) is 42.6. The first-order valence-corrected chi connectivity index (χ1v) is 12.9. The zero-order valence-electron chi connectivity index (χ0n) is 20.3. The van der Waals surface area contributed by atoms with E-state index >= 15 is 0 Å². The molecular weight excluding hydrogens is 440 g/mol. The number of carbonyl (C=O) groups excluding carboxylic acids is 3. The number of amides is 3. The van der Waals surface area contributed by atoms with E-state index in [9.17, 15) is 14.4 Å². The molecule has 2 aromatic rings. The van der Waals surface area contributed by atoms with Gasteiger partial charge in [0.15, 0.2) is 0 Å². The van der Waals surface area contributed by atoms with Crippen LogP contribution in [0.4, 0.5) is 11.4 Å². The fourth-order valence-electron chi connectivity index (χ4n) is 5.55. The van der Waals surface area contributed by atoms with Crippen molar-refractivity contribution in [2.24, 2.45) is 5.92 Å². The molecule has 2 heterocycles. The summed E-state index contributed by atoms with van der Waals surface area (Å²) in [7, 11) is 0. The van der Waals surface area contributed by atoms with Crippen molar-refractivity contribution in [1.29, 1.82) is 0 Å². The molecule has 2 saturated heterocycles. The number of anilines is 2. The molecule has 3 aliphatic rings. The number of piperidine rings is 1. The second-order valence-electron chi connectivity index (χ2n) is 10.1. The smallest absolute Gasteiger partial charge is 0.255 e. The summed E-state index contributed by atoms with van der Waals surface area (Å²) in [5, 5.41) is 6.09. The van der Waals surface area contributed by atoms with Crippen LogP contribution >= 0.6 is 0 Å². The second kappa shape index (κ2) is 10.2. The number of nitrogens with zero attached hydrogens (tertiary/aromatic N) is 2. The van der Waals surface area contributed by atoms with E-state index in [1.165, 1.54) is 12.8 Å². The van der Waals surface area contributed by atoms with Gasteiger partial charge in [-0.2, -0.15) is 0 Å². The van der Waals surface area contributed by atoms with Crippen molar-refractivity contribution in [3.8, 4) is 0 Å². The first kappa shape index (κ1) is 23.5. The van der Waals surface area contributed by atoms with Crippen LogP contribution in [0.5, 0.6) is 0 Å². The Hall–Kier alpha value is -3.19. The molecule has 0 radical (unpaired) electrons. The van der Waals surface area contributed by atoms with Crippen LogP contribution in [0, 0.1) is 5.92 Å². The topological polar surface area (TPSA) is 81.8 Å². The molecule has 7 heteroatoms. The van der Waals surface area contributed by atoms with E-state index in [2.05, 4.69) is 22.5 Å². The summed E-state index contributed by atoms with van der Waals surface area (Å²) in [6, 6.07) is 15.1. The number of hydrogen-bond donors (Lipinski definition) is 2. The monoisotopic (exact) mass is 474 g/mol. The lowest BCUT2D eigenvalue weighted by molar-refractivity contribution is -0.117. The van der Waals surface area contributed by atoms with E-state index in [1.807, 2.05) is 18.2 Å². The van der Waals surface area contributed by atoms with Crippen LogP contribution in [0.3, 0.4) is 0 Å². The third kappa shape index (κ3) is 5.10. The molecule has 7 nitrogen and oxygen atoms in total. The molecule has 2 aromatic carbocycles. The molecule has 3 amide bonds. The van der Waals surface area contributed by atoms with E-state index in [-0.39, 0.29) is 23.8 Å². The summed E-state index contributed by atoms with van der Waals surface area (Å²) in [6.07, 6.45) is 5.89. The minimum atomic E-state index is -0.304. The van der Waals surface area contributed by atoms with Crippen LogP contribution in [0.15, 0.2) is 48.5 Å². The Bertz CT molecular complexity index is 1110. The Morgan fingerprint density at radius 2 is 1.71 bits per heavy atom. The minimum absolute atomic E-state index is 0.0811. The highest BCUT2D eigenvalue weighted by atomic mass is 16.2. The Kier molecular flexibility index (Phi) is 6.86. The van der Waals surface area contributed by atoms with Crippen LogP contribution in [-0.4, -0.2) is 54.3 Å². The lowest BCUT2D eigenvalue weighted by Gasteiger charge is -2.46. The molecule has 0 spiro atoms. The number of rotatable bonds is 6. The first-order chi connectivity index (χ1) is 17.0. The summed E-state index contributed by atoms with van der Waals surface area (Å²) < 4.78 is 0. The van der Waals surface area contributed by atoms with E-state index < -0.39 is 0 Å². The Morgan fingerprint density at radius 1 is 0.914 bits per heavy atom. The van der Waals surface area contributed by atoms with Gasteiger partial charge in [0.25, 0.3) is 11.8 Å². The highest BCUT2D eigenvalue weighted by Crippen LogP contribution is 2.33. The highest BCUT2D eigenvalue weighted by molar-refractivity contribution is 6.09. The number of nitrogens with one attached hydrogen (secondary N) is 2. The summed E-state index contributed by atoms with van der Waals surface area (Å²) >= 11 is 0. The fourth-order valence-corrected chi connectivity index (χ4v) is 5.55. The normalized spacial score (nSPS) is 23.1. The van der Waals surface area contributed by atoms with Gasteiger partial charge in [0.1, 0.15) is 0 Å². The van der Waals surface area contributed by atoms with Gasteiger partial charge in [0.05, 0.1) is 11.3 Å². The second-order valence-corrected chi connectivity index (χ2v) is 10.1. The molecule has 0 bridgehead atoms. The predicted molar refractivity (Wildman–Crippen MR) is 137 cm³/mol. The zero-order valence-corrected chi connectivity index (χ0v) is 20.3. The first-order valence-electron chi connectivity index (χ1n) is 12.9. The average Bonchev–Trinajstić information content (AvgIpc) is 3.30. The van der Waals surface area contributed by atoms with Gasteiger partial charge in [0, 0.05) is 49.4 Å². The van der Waals surface area contributed by atoms with Crippen molar-refractivity contribution in [2.75, 3.05) is 29.9 Å². The lowest BCUT2D eigenvalue weighted by Crippen LogP contribution is -2.52. The standard InChI is InChI=1S/C28H34N4O3/c1-19-11-12-25(19)31-16-13-21(14-17-31)29-28(35)23-8-2-3-9-24(23)30-27(34)20-6-4-7-22(18-20)32-15-5-10-26(32)33/h2-4,6-9,18-19,21,25H,5,10-17H2,1H3,(H,29,35)(H,30,34). The maximum Gasteiger partial charge on any atom is 0.255 e. The van der Waals surface area contributed by atoms with Gasteiger partial charge >= 0.3 is 0 Å². The SMILES string of the molecule is CC1CCC1N1CCC(NC(=O)c2ccccc2NC(=O)c2cccc(N3CCCC3=O)c2)CC1. The van der Waals surface area contributed by atoms with Gasteiger partial charge in [-0.25, -0.2) is 0 Å². The van der Waals surface area contributed by atoms with Crippen molar-refractivity contribution in [3.05, 3.63) is 59.7 Å². The van der Waals surface area contributed by atoms with E-state index in [0.29, 0.717) is 35.8 Å². The van der Waals surface area contributed by atoms with Gasteiger partial charge < -0.3 is 15.5 Å². The molecule has 0 aromatic heterocycles. The van der Waals surface area contributed by atoms with Gasteiger partial charge in [-0.05, 0) is 68.4 Å². The van der Waals surface area contributed by atoms with Crippen LogP contribution in [-0.2, 0) is 4.79 Å². The summed E-state index contributed by atoms with van der Waals surface area (Å²) in [5.41, 5.74) is 2.13. The number of hydrogen-bond acceptors (Lipinski definition) is 4. The number of carbonyl (C=O) groups is 3. The number of likely N-dealkylation sites (tertiary alicyclic amines) is 1. The van der Waals surface area contributed by atoms with Crippen LogP contribution in [0.2, 0.25) is 0 Å². The van der Waals surface area contributed by atoms with Gasteiger partial charge in [-0.3, -0.25) is 19.3 Å². The quantitative estimate of drug-likeness (QED) is 0.662. The molecular formula is C28H34N4O3. The van der Waals surface area contributed by atoms with Gasteiger partial charge in [0.2, 0.25) is 5.91 Å². The van der Waals surface area contributed by atoms with Gasteiger partial charge in [-0.15, -0.1) is 0 Å². The fraction of sp³-hybridized carbons (Fsp3) is 0.464.